The second-order valence-electron chi connectivity index (χ2n) is 7.59. The standard InChI is InChI=1S/C18H25F3O7S/c1-4-5-12-13-6-7-17(26-8-9-27-17)16(13,2)10-14(25-11-24-3)15(12)28-29(22,23)18(19,20)21/h4,13-14H,1,5-11H2,2-3H3/t13-,14-,16-/m0/s1. The summed E-state index contributed by atoms with van der Waals surface area (Å²) in [6.45, 7) is 6.17. The quantitative estimate of drug-likeness (QED) is 0.259. The summed E-state index contributed by atoms with van der Waals surface area (Å²) in [7, 11) is -4.50. The second-order valence-corrected chi connectivity index (χ2v) is 9.13. The molecule has 7 nitrogen and oxygen atoms in total. The van der Waals surface area contributed by atoms with Crippen LogP contribution in [0.15, 0.2) is 24.0 Å². The Balaban J connectivity index is 2.09. The Morgan fingerprint density at radius 1 is 1.31 bits per heavy atom. The van der Waals surface area contributed by atoms with Crippen LogP contribution in [0, 0.1) is 11.3 Å². The molecule has 1 heterocycles. The van der Waals surface area contributed by atoms with Crippen LogP contribution >= 0.6 is 0 Å². The number of ether oxygens (including phenoxy) is 4. The van der Waals surface area contributed by atoms with Gasteiger partial charge >= 0.3 is 15.6 Å². The van der Waals surface area contributed by atoms with Crippen LogP contribution in [-0.2, 0) is 33.2 Å². The lowest BCUT2D eigenvalue weighted by atomic mass is 9.64. The number of allylic oxidation sites excluding steroid dienone is 2. The van der Waals surface area contributed by atoms with E-state index in [9.17, 15) is 21.6 Å². The Morgan fingerprint density at radius 3 is 2.52 bits per heavy atom. The molecule has 166 valence electrons. The Morgan fingerprint density at radius 2 is 1.97 bits per heavy atom. The highest BCUT2D eigenvalue weighted by molar-refractivity contribution is 7.87. The molecule has 1 saturated heterocycles. The molecule has 1 saturated carbocycles. The molecule has 0 aromatic heterocycles. The van der Waals surface area contributed by atoms with Crippen LogP contribution in [0.25, 0.3) is 0 Å². The van der Waals surface area contributed by atoms with Gasteiger partial charge < -0.3 is 23.1 Å². The van der Waals surface area contributed by atoms with Crippen molar-refractivity contribution < 1.29 is 44.7 Å². The fourth-order valence-corrected chi connectivity index (χ4v) is 5.35. The lowest BCUT2D eigenvalue weighted by Crippen LogP contribution is -2.51. The monoisotopic (exact) mass is 442 g/mol. The third-order valence-electron chi connectivity index (χ3n) is 6.03. The predicted octanol–water partition coefficient (Wildman–Crippen LogP) is 3.24. The molecule has 1 spiro atoms. The van der Waals surface area contributed by atoms with E-state index >= 15 is 0 Å². The van der Waals surface area contributed by atoms with Gasteiger partial charge in [0.05, 0.1) is 13.2 Å². The third kappa shape index (κ3) is 3.71. The predicted molar refractivity (Wildman–Crippen MR) is 94.7 cm³/mol. The second kappa shape index (κ2) is 7.84. The highest BCUT2D eigenvalue weighted by Crippen LogP contribution is 2.63. The van der Waals surface area contributed by atoms with Crippen LogP contribution in [0.3, 0.4) is 0 Å². The summed E-state index contributed by atoms with van der Waals surface area (Å²) in [5, 5.41) is 0. The van der Waals surface area contributed by atoms with E-state index < -0.39 is 32.9 Å². The average Bonchev–Trinajstić information content (AvgIpc) is 3.21. The lowest BCUT2D eigenvalue weighted by Gasteiger charge is -2.48. The fourth-order valence-electron chi connectivity index (χ4n) is 4.80. The van der Waals surface area contributed by atoms with Gasteiger partial charge in [-0.05, 0) is 30.8 Å². The molecule has 1 aliphatic heterocycles. The SMILES string of the molecule is C=CCC1=C(OS(=O)(=O)C(F)(F)F)[C@@H](OCOC)C[C@@]2(C)[C@H]1CCC21OCCO1. The molecule has 3 rings (SSSR count). The molecular formula is C18H25F3O7S. The summed E-state index contributed by atoms with van der Waals surface area (Å²) in [5.41, 5.74) is -5.80. The van der Waals surface area contributed by atoms with Crippen molar-refractivity contribution in [2.75, 3.05) is 27.1 Å². The van der Waals surface area contributed by atoms with E-state index in [4.69, 9.17) is 18.9 Å². The van der Waals surface area contributed by atoms with Crippen molar-refractivity contribution >= 4 is 10.1 Å². The molecule has 11 heteroatoms. The van der Waals surface area contributed by atoms with Crippen molar-refractivity contribution in [1.82, 2.24) is 0 Å². The Labute approximate surface area is 167 Å². The Hall–Kier alpha value is -1.14. The van der Waals surface area contributed by atoms with E-state index in [0.717, 1.165) is 0 Å². The van der Waals surface area contributed by atoms with E-state index in [1.807, 2.05) is 6.92 Å². The summed E-state index contributed by atoms with van der Waals surface area (Å²) < 4.78 is 89.5. The molecule has 3 atom stereocenters. The van der Waals surface area contributed by atoms with Crippen LogP contribution in [0.1, 0.15) is 32.6 Å². The van der Waals surface area contributed by atoms with Crippen LogP contribution in [-0.4, -0.2) is 52.9 Å². The summed E-state index contributed by atoms with van der Waals surface area (Å²) in [4.78, 5) is 0. The number of fused-ring (bicyclic) bond motifs is 2. The highest BCUT2D eigenvalue weighted by atomic mass is 32.2. The molecule has 0 bridgehead atoms. The normalized spacial score (nSPS) is 31.9. The van der Waals surface area contributed by atoms with Gasteiger partial charge in [-0.3, -0.25) is 0 Å². The minimum Gasteiger partial charge on any atom is -0.378 e. The molecular weight excluding hydrogens is 417 g/mol. The lowest BCUT2D eigenvalue weighted by molar-refractivity contribution is -0.236. The Kier molecular flexibility index (Phi) is 6.10. The first kappa shape index (κ1) is 22.5. The van der Waals surface area contributed by atoms with Gasteiger partial charge in [-0.1, -0.05) is 13.0 Å². The zero-order chi connectivity index (χ0) is 21.5. The number of hydrogen-bond acceptors (Lipinski definition) is 7. The summed E-state index contributed by atoms with van der Waals surface area (Å²) in [6, 6.07) is 0. The topological polar surface area (TPSA) is 80.3 Å². The fraction of sp³-hybridized carbons (Fsp3) is 0.778. The van der Waals surface area contributed by atoms with Crippen LogP contribution < -0.4 is 0 Å². The van der Waals surface area contributed by atoms with Gasteiger partial charge in [0.25, 0.3) is 0 Å². The van der Waals surface area contributed by atoms with Gasteiger partial charge in [0.15, 0.2) is 5.79 Å². The number of hydrogen-bond donors (Lipinski definition) is 0. The highest BCUT2D eigenvalue weighted by Gasteiger charge is 2.65. The zero-order valence-electron chi connectivity index (χ0n) is 16.3. The van der Waals surface area contributed by atoms with Crippen molar-refractivity contribution in [3.8, 4) is 0 Å². The number of halogens is 3. The van der Waals surface area contributed by atoms with Crippen molar-refractivity contribution in [2.24, 2.45) is 11.3 Å². The molecule has 29 heavy (non-hydrogen) atoms. The van der Waals surface area contributed by atoms with Crippen molar-refractivity contribution in [3.63, 3.8) is 0 Å². The summed E-state index contributed by atoms with van der Waals surface area (Å²) >= 11 is 0. The van der Waals surface area contributed by atoms with Crippen molar-refractivity contribution in [2.45, 2.75) is 50.0 Å². The van der Waals surface area contributed by atoms with Gasteiger partial charge in [-0.15, -0.1) is 6.58 Å². The molecule has 0 aromatic rings. The molecule has 0 amide bonds. The van der Waals surface area contributed by atoms with Gasteiger partial charge in [0.1, 0.15) is 18.7 Å². The number of rotatable bonds is 7. The van der Waals surface area contributed by atoms with E-state index in [2.05, 4.69) is 10.8 Å². The molecule has 2 fully saturated rings. The maximum atomic E-state index is 13.0. The van der Waals surface area contributed by atoms with Crippen LogP contribution in [0.5, 0.6) is 0 Å². The van der Waals surface area contributed by atoms with Gasteiger partial charge in [-0.2, -0.15) is 21.6 Å². The van der Waals surface area contributed by atoms with Crippen molar-refractivity contribution in [1.29, 1.82) is 0 Å². The van der Waals surface area contributed by atoms with Crippen LogP contribution in [0.4, 0.5) is 13.2 Å². The molecule has 2 aliphatic carbocycles. The average molecular weight is 442 g/mol. The zero-order valence-corrected chi connectivity index (χ0v) is 17.1. The van der Waals surface area contributed by atoms with Gasteiger partial charge in [0, 0.05) is 18.9 Å². The first-order valence-corrected chi connectivity index (χ1v) is 10.7. The van der Waals surface area contributed by atoms with E-state index in [1.54, 1.807) is 0 Å². The van der Waals surface area contributed by atoms with Gasteiger partial charge in [-0.25, -0.2) is 0 Å². The first-order valence-electron chi connectivity index (χ1n) is 9.24. The minimum atomic E-state index is -5.86. The van der Waals surface area contributed by atoms with Crippen molar-refractivity contribution in [3.05, 3.63) is 24.0 Å². The van der Waals surface area contributed by atoms with E-state index in [-0.39, 0.29) is 31.3 Å². The van der Waals surface area contributed by atoms with Crippen LogP contribution in [0.2, 0.25) is 0 Å². The summed E-state index contributed by atoms with van der Waals surface area (Å²) in [5.74, 6) is -1.55. The molecule has 3 aliphatic rings. The molecule has 0 aromatic carbocycles. The number of alkyl halides is 3. The maximum Gasteiger partial charge on any atom is 0.534 e. The van der Waals surface area contributed by atoms with Gasteiger partial charge in [0.2, 0.25) is 0 Å². The Bertz CT molecular complexity index is 771. The smallest absolute Gasteiger partial charge is 0.378 e. The largest absolute Gasteiger partial charge is 0.534 e. The molecule has 0 N–H and O–H groups in total. The summed E-state index contributed by atoms with van der Waals surface area (Å²) in [6.07, 6.45) is 1.81. The number of methoxy groups -OCH3 is 1. The third-order valence-corrected chi connectivity index (χ3v) is 6.99. The van der Waals surface area contributed by atoms with E-state index in [1.165, 1.54) is 13.2 Å². The maximum absolute atomic E-state index is 13.0. The van der Waals surface area contributed by atoms with E-state index in [0.29, 0.717) is 31.6 Å². The first-order chi connectivity index (χ1) is 13.5. The molecule has 0 radical (unpaired) electrons. The minimum absolute atomic E-state index is 0.145. The molecule has 0 unspecified atom stereocenters.